The highest BCUT2D eigenvalue weighted by atomic mass is 35.5. The third-order valence-corrected chi connectivity index (χ3v) is 6.61. The normalized spacial score (nSPS) is 15.8. The summed E-state index contributed by atoms with van der Waals surface area (Å²) in [5.74, 6) is 0.623. The fraction of sp³-hybridized carbons (Fsp3) is 0.312. The zero-order valence-corrected chi connectivity index (χ0v) is 15.6. The molecule has 0 bridgehead atoms. The molecule has 26 heavy (non-hydrogen) atoms. The van der Waals surface area contributed by atoms with Crippen molar-refractivity contribution >= 4 is 33.1 Å². The molecule has 10 heteroatoms. The van der Waals surface area contributed by atoms with Crippen LogP contribution in [0.25, 0.3) is 0 Å². The highest BCUT2D eigenvalue weighted by Gasteiger charge is 2.31. The molecule has 8 nitrogen and oxygen atoms in total. The monoisotopic (exact) mass is 396 g/mol. The van der Waals surface area contributed by atoms with Crippen molar-refractivity contribution in [1.29, 1.82) is 0 Å². The van der Waals surface area contributed by atoms with Crippen molar-refractivity contribution in [3.63, 3.8) is 0 Å². The van der Waals surface area contributed by atoms with Gasteiger partial charge in [0.1, 0.15) is 5.82 Å². The molecule has 1 saturated heterocycles. The molecule has 1 aliphatic rings. The number of rotatable bonds is 4. The first-order valence-electron chi connectivity index (χ1n) is 7.91. The molecular weight excluding hydrogens is 380 g/mol. The predicted molar refractivity (Wildman–Crippen MR) is 98.1 cm³/mol. The number of piperazine rings is 1. The van der Waals surface area contributed by atoms with Gasteiger partial charge < -0.3 is 4.90 Å². The number of pyridine rings is 1. The third kappa shape index (κ3) is 3.50. The number of halogens is 1. The molecule has 0 radical (unpaired) electrons. The topological polar surface area (TPSA) is 96.6 Å². The molecule has 1 aromatic carbocycles. The van der Waals surface area contributed by atoms with E-state index >= 15 is 0 Å². The van der Waals surface area contributed by atoms with Crippen LogP contribution in [0.1, 0.15) is 5.56 Å². The average molecular weight is 397 g/mol. The van der Waals surface area contributed by atoms with Gasteiger partial charge in [0.05, 0.1) is 14.8 Å². The number of hydrogen-bond donors (Lipinski definition) is 0. The van der Waals surface area contributed by atoms with Crippen LogP contribution in [-0.4, -0.2) is 48.8 Å². The first kappa shape index (κ1) is 18.6. The zero-order chi connectivity index (χ0) is 18.9. The number of aromatic nitrogens is 1. The fourth-order valence-electron chi connectivity index (χ4n) is 2.87. The summed E-state index contributed by atoms with van der Waals surface area (Å²) < 4.78 is 27.2. The summed E-state index contributed by atoms with van der Waals surface area (Å²) in [5.41, 5.74) is 0.235. The smallest absolute Gasteiger partial charge is 0.270 e. The minimum atomic E-state index is -3.82. The number of aryl methyl sites for hydroxylation is 1. The lowest BCUT2D eigenvalue weighted by Crippen LogP contribution is -2.49. The van der Waals surface area contributed by atoms with Crippen molar-refractivity contribution < 1.29 is 13.3 Å². The lowest BCUT2D eigenvalue weighted by molar-refractivity contribution is -0.385. The predicted octanol–water partition coefficient (Wildman–Crippen LogP) is 2.46. The van der Waals surface area contributed by atoms with Gasteiger partial charge in [0.15, 0.2) is 0 Å². The second-order valence-electron chi connectivity index (χ2n) is 5.91. The Morgan fingerprint density at radius 1 is 1.19 bits per heavy atom. The Kier molecular flexibility index (Phi) is 5.12. The molecule has 0 saturated carbocycles. The van der Waals surface area contributed by atoms with E-state index in [1.165, 1.54) is 16.4 Å². The van der Waals surface area contributed by atoms with Crippen LogP contribution < -0.4 is 4.90 Å². The van der Waals surface area contributed by atoms with Crippen LogP contribution in [0.2, 0.25) is 5.02 Å². The van der Waals surface area contributed by atoms with Crippen LogP contribution in [0, 0.1) is 17.0 Å². The number of nitrogens with zero attached hydrogens (tertiary/aromatic N) is 4. The standard InChI is InChI=1S/C16H17ClN4O4S/c1-12-4-5-13(21(22)23)11-15(12)26(24,25)20-9-7-19(8-10-20)16-14(17)3-2-6-18-16/h2-6,11H,7-10H2,1H3. The van der Waals surface area contributed by atoms with E-state index in [9.17, 15) is 18.5 Å². The van der Waals surface area contributed by atoms with Crippen LogP contribution >= 0.6 is 11.6 Å². The first-order chi connectivity index (χ1) is 12.3. The molecule has 3 rings (SSSR count). The number of sulfonamides is 1. The van der Waals surface area contributed by atoms with Gasteiger partial charge in [-0.25, -0.2) is 13.4 Å². The molecule has 1 fully saturated rings. The Labute approximate surface area is 156 Å². The SMILES string of the molecule is Cc1ccc([N+](=O)[O-])cc1S(=O)(=O)N1CCN(c2ncccc2Cl)CC1. The summed E-state index contributed by atoms with van der Waals surface area (Å²) >= 11 is 6.15. The van der Waals surface area contributed by atoms with Gasteiger partial charge >= 0.3 is 0 Å². The maximum absolute atomic E-state index is 12.9. The quantitative estimate of drug-likeness (QED) is 0.581. The van der Waals surface area contributed by atoms with Gasteiger partial charge in [-0.1, -0.05) is 17.7 Å². The van der Waals surface area contributed by atoms with Gasteiger partial charge in [-0.3, -0.25) is 10.1 Å². The van der Waals surface area contributed by atoms with E-state index in [4.69, 9.17) is 11.6 Å². The van der Waals surface area contributed by atoms with E-state index in [-0.39, 0.29) is 23.7 Å². The van der Waals surface area contributed by atoms with Gasteiger partial charge in [-0.2, -0.15) is 4.31 Å². The Morgan fingerprint density at radius 2 is 1.88 bits per heavy atom. The lowest BCUT2D eigenvalue weighted by Gasteiger charge is -2.35. The van der Waals surface area contributed by atoms with Crippen molar-refractivity contribution in [3.8, 4) is 0 Å². The largest absolute Gasteiger partial charge is 0.353 e. The van der Waals surface area contributed by atoms with E-state index in [1.54, 1.807) is 25.3 Å². The van der Waals surface area contributed by atoms with E-state index < -0.39 is 14.9 Å². The molecule has 0 unspecified atom stereocenters. The van der Waals surface area contributed by atoms with E-state index in [1.807, 2.05) is 4.90 Å². The zero-order valence-electron chi connectivity index (χ0n) is 14.0. The Hall–Kier alpha value is -2.23. The first-order valence-corrected chi connectivity index (χ1v) is 9.73. The summed E-state index contributed by atoms with van der Waals surface area (Å²) in [7, 11) is -3.82. The van der Waals surface area contributed by atoms with E-state index in [0.717, 1.165) is 6.07 Å². The Morgan fingerprint density at radius 3 is 2.50 bits per heavy atom. The fourth-order valence-corrected chi connectivity index (χ4v) is 4.78. The van der Waals surface area contributed by atoms with Gasteiger partial charge in [-0.15, -0.1) is 0 Å². The molecule has 0 N–H and O–H groups in total. The Bertz CT molecular complexity index is 943. The van der Waals surface area contributed by atoms with E-state index in [2.05, 4.69) is 4.98 Å². The average Bonchev–Trinajstić information content (AvgIpc) is 2.62. The summed E-state index contributed by atoms with van der Waals surface area (Å²) in [4.78, 5) is 16.5. The van der Waals surface area contributed by atoms with Crippen LogP contribution in [0.5, 0.6) is 0 Å². The number of benzene rings is 1. The van der Waals surface area contributed by atoms with E-state index in [0.29, 0.717) is 29.5 Å². The number of nitro groups is 1. The van der Waals surface area contributed by atoms with Gasteiger partial charge in [-0.05, 0) is 24.6 Å². The molecule has 0 aliphatic carbocycles. The summed E-state index contributed by atoms with van der Waals surface area (Å²) in [5, 5.41) is 11.5. The van der Waals surface area contributed by atoms with Crippen molar-refractivity contribution in [1.82, 2.24) is 9.29 Å². The van der Waals surface area contributed by atoms with Crippen LogP contribution in [0.3, 0.4) is 0 Å². The van der Waals surface area contributed by atoms with Crippen LogP contribution in [0.15, 0.2) is 41.4 Å². The summed E-state index contributed by atoms with van der Waals surface area (Å²) in [6.45, 7) is 2.99. The minimum Gasteiger partial charge on any atom is -0.353 e. The highest BCUT2D eigenvalue weighted by molar-refractivity contribution is 7.89. The number of anilines is 1. The number of hydrogen-bond acceptors (Lipinski definition) is 6. The van der Waals surface area contributed by atoms with Crippen molar-refractivity contribution in [2.45, 2.75) is 11.8 Å². The van der Waals surface area contributed by atoms with Crippen molar-refractivity contribution in [2.75, 3.05) is 31.1 Å². The molecule has 0 amide bonds. The molecule has 2 aromatic rings. The number of non-ortho nitro benzene ring substituents is 1. The lowest BCUT2D eigenvalue weighted by atomic mass is 10.2. The second-order valence-corrected chi connectivity index (χ2v) is 8.22. The molecule has 0 atom stereocenters. The van der Waals surface area contributed by atoms with Gasteiger partial charge in [0, 0.05) is 44.5 Å². The molecule has 1 aromatic heterocycles. The van der Waals surface area contributed by atoms with Crippen molar-refractivity contribution in [2.24, 2.45) is 0 Å². The van der Waals surface area contributed by atoms with Crippen molar-refractivity contribution in [3.05, 3.63) is 57.2 Å². The summed E-state index contributed by atoms with van der Waals surface area (Å²) in [6.07, 6.45) is 1.64. The van der Waals surface area contributed by atoms with Crippen LogP contribution in [0.4, 0.5) is 11.5 Å². The molecule has 1 aliphatic heterocycles. The second kappa shape index (κ2) is 7.18. The Balaban J connectivity index is 1.82. The third-order valence-electron chi connectivity index (χ3n) is 4.28. The maximum Gasteiger partial charge on any atom is 0.270 e. The molecule has 138 valence electrons. The minimum absolute atomic E-state index is 0.0315. The highest BCUT2D eigenvalue weighted by Crippen LogP contribution is 2.28. The van der Waals surface area contributed by atoms with Gasteiger partial charge in [0.25, 0.3) is 5.69 Å². The molecule has 2 heterocycles. The summed E-state index contributed by atoms with van der Waals surface area (Å²) in [6, 6.07) is 7.34. The molecule has 0 spiro atoms. The van der Waals surface area contributed by atoms with Gasteiger partial charge in [0.2, 0.25) is 10.0 Å². The number of nitro benzene ring substituents is 1. The van der Waals surface area contributed by atoms with Crippen LogP contribution in [-0.2, 0) is 10.0 Å². The molecular formula is C16H17ClN4O4S. The maximum atomic E-state index is 12.9.